The number of benzene rings is 1. The van der Waals surface area contributed by atoms with E-state index in [1.165, 1.54) is 0 Å². The minimum Gasteiger partial charge on any atom is -0.496 e. The van der Waals surface area contributed by atoms with Gasteiger partial charge in [-0.15, -0.1) is 0 Å². The number of aliphatic imine (C=N–C) groups is 1. The Bertz CT molecular complexity index is 529. The lowest BCUT2D eigenvalue weighted by Crippen LogP contribution is -2.38. The highest BCUT2D eigenvalue weighted by Crippen LogP contribution is 2.18. The number of nitrogens with zero attached hydrogens (tertiary/aromatic N) is 3. The van der Waals surface area contributed by atoms with Gasteiger partial charge in [-0.1, -0.05) is 18.2 Å². The Morgan fingerprint density at radius 1 is 1.26 bits per heavy atom. The fraction of sp³-hybridized carbons (Fsp3) is 0.529. The SMILES string of the molecule is CCNC(=NCCC(=O)N(C)C)N(C)Cc1ccccc1OC. The average Bonchev–Trinajstić information content (AvgIpc) is 2.54. The third-order valence-corrected chi connectivity index (χ3v) is 3.38. The average molecular weight is 320 g/mol. The van der Waals surface area contributed by atoms with Crippen LogP contribution in [0.5, 0.6) is 5.75 Å². The van der Waals surface area contributed by atoms with Gasteiger partial charge >= 0.3 is 0 Å². The molecule has 0 atom stereocenters. The normalized spacial score (nSPS) is 11.1. The minimum absolute atomic E-state index is 0.0805. The van der Waals surface area contributed by atoms with E-state index in [0.717, 1.165) is 23.8 Å². The highest BCUT2D eigenvalue weighted by Gasteiger charge is 2.10. The number of nitrogens with one attached hydrogen (secondary N) is 1. The van der Waals surface area contributed by atoms with Crippen molar-refractivity contribution in [2.45, 2.75) is 19.9 Å². The summed E-state index contributed by atoms with van der Waals surface area (Å²) >= 11 is 0. The zero-order valence-electron chi connectivity index (χ0n) is 14.8. The molecule has 1 aromatic rings. The van der Waals surface area contributed by atoms with Crippen molar-refractivity contribution in [3.63, 3.8) is 0 Å². The van der Waals surface area contributed by atoms with Gasteiger partial charge < -0.3 is 19.9 Å². The molecular formula is C17H28N4O2. The first-order chi connectivity index (χ1) is 11.0. The van der Waals surface area contributed by atoms with E-state index >= 15 is 0 Å². The van der Waals surface area contributed by atoms with Gasteiger partial charge in [0.25, 0.3) is 0 Å². The van der Waals surface area contributed by atoms with E-state index in [1.54, 1.807) is 26.1 Å². The largest absolute Gasteiger partial charge is 0.496 e. The number of rotatable bonds is 7. The van der Waals surface area contributed by atoms with Crippen LogP contribution in [-0.4, -0.2) is 63.0 Å². The summed E-state index contributed by atoms with van der Waals surface area (Å²) in [6.45, 7) is 3.95. The van der Waals surface area contributed by atoms with Crippen molar-refractivity contribution < 1.29 is 9.53 Å². The van der Waals surface area contributed by atoms with Crippen LogP contribution < -0.4 is 10.1 Å². The van der Waals surface area contributed by atoms with Crippen molar-refractivity contribution in [2.75, 3.05) is 41.3 Å². The fourth-order valence-corrected chi connectivity index (χ4v) is 2.11. The number of carbonyl (C=O) groups is 1. The van der Waals surface area contributed by atoms with Crippen molar-refractivity contribution in [2.24, 2.45) is 4.99 Å². The quantitative estimate of drug-likeness (QED) is 0.612. The van der Waals surface area contributed by atoms with Crippen LogP contribution in [0.1, 0.15) is 18.9 Å². The smallest absolute Gasteiger partial charge is 0.223 e. The molecule has 1 rings (SSSR count). The zero-order valence-corrected chi connectivity index (χ0v) is 14.8. The number of amides is 1. The molecule has 0 aliphatic carbocycles. The predicted octanol–water partition coefficient (Wildman–Crippen LogP) is 1.57. The summed E-state index contributed by atoms with van der Waals surface area (Å²) in [5, 5.41) is 3.25. The number of methoxy groups -OCH3 is 1. The molecule has 6 heteroatoms. The van der Waals surface area contributed by atoms with Crippen LogP contribution in [0.15, 0.2) is 29.3 Å². The Hall–Kier alpha value is -2.24. The molecule has 1 aromatic carbocycles. The number of guanidine groups is 1. The maximum absolute atomic E-state index is 11.6. The van der Waals surface area contributed by atoms with Crippen LogP contribution in [0.25, 0.3) is 0 Å². The fourth-order valence-electron chi connectivity index (χ4n) is 2.11. The van der Waals surface area contributed by atoms with Crippen molar-refractivity contribution >= 4 is 11.9 Å². The first-order valence-corrected chi connectivity index (χ1v) is 7.81. The van der Waals surface area contributed by atoms with Gasteiger partial charge in [0.2, 0.25) is 5.91 Å². The molecule has 0 heterocycles. The molecular weight excluding hydrogens is 292 g/mol. The highest BCUT2D eigenvalue weighted by molar-refractivity contribution is 5.80. The number of ether oxygens (including phenoxy) is 1. The number of hydrogen-bond donors (Lipinski definition) is 1. The molecule has 0 aromatic heterocycles. The Balaban J connectivity index is 2.73. The van der Waals surface area contributed by atoms with Crippen LogP contribution in [0, 0.1) is 0 Å². The summed E-state index contributed by atoms with van der Waals surface area (Å²) in [5.41, 5.74) is 1.09. The maximum Gasteiger partial charge on any atom is 0.223 e. The number of carbonyl (C=O) groups excluding carboxylic acids is 1. The Kier molecular flexibility index (Phi) is 7.94. The second kappa shape index (κ2) is 9.71. The molecule has 0 saturated heterocycles. The third-order valence-electron chi connectivity index (χ3n) is 3.38. The maximum atomic E-state index is 11.6. The van der Waals surface area contributed by atoms with E-state index in [-0.39, 0.29) is 5.91 Å². The molecule has 0 fully saturated rings. The Labute approximate surface area is 139 Å². The molecule has 128 valence electrons. The van der Waals surface area contributed by atoms with Crippen molar-refractivity contribution in [1.82, 2.24) is 15.1 Å². The van der Waals surface area contributed by atoms with Gasteiger partial charge in [0.15, 0.2) is 5.96 Å². The lowest BCUT2D eigenvalue weighted by molar-refractivity contribution is -0.128. The monoisotopic (exact) mass is 320 g/mol. The lowest BCUT2D eigenvalue weighted by Gasteiger charge is -2.23. The first-order valence-electron chi connectivity index (χ1n) is 7.81. The standard InChI is InChI=1S/C17H28N4O2/c1-6-18-17(19-12-11-16(22)20(2)3)21(4)13-14-9-7-8-10-15(14)23-5/h7-10H,6,11-13H2,1-5H3,(H,18,19). The van der Waals surface area contributed by atoms with Crippen LogP contribution in [0.2, 0.25) is 0 Å². The van der Waals surface area contributed by atoms with Crippen LogP contribution in [0.4, 0.5) is 0 Å². The molecule has 0 saturated carbocycles. The lowest BCUT2D eigenvalue weighted by atomic mass is 10.2. The predicted molar refractivity (Wildman–Crippen MR) is 93.8 cm³/mol. The van der Waals surface area contributed by atoms with Gasteiger partial charge in [-0.2, -0.15) is 0 Å². The van der Waals surface area contributed by atoms with Gasteiger partial charge in [-0.25, -0.2) is 0 Å². The zero-order chi connectivity index (χ0) is 17.2. The summed E-state index contributed by atoms with van der Waals surface area (Å²) < 4.78 is 5.39. The molecule has 1 amide bonds. The molecule has 1 N–H and O–H groups in total. The summed E-state index contributed by atoms with van der Waals surface area (Å²) in [7, 11) is 7.16. The van der Waals surface area contributed by atoms with E-state index in [9.17, 15) is 4.79 Å². The van der Waals surface area contributed by atoms with Crippen LogP contribution in [-0.2, 0) is 11.3 Å². The van der Waals surface area contributed by atoms with E-state index in [4.69, 9.17) is 4.74 Å². The Morgan fingerprint density at radius 3 is 2.57 bits per heavy atom. The molecule has 0 radical (unpaired) electrons. The van der Waals surface area contributed by atoms with E-state index in [0.29, 0.717) is 19.5 Å². The van der Waals surface area contributed by atoms with Gasteiger partial charge in [0, 0.05) is 46.2 Å². The second-order valence-electron chi connectivity index (χ2n) is 5.44. The first kappa shape index (κ1) is 18.8. The molecule has 0 aliphatic rings. The van der Waals surface area contributed by atoms with Crippen molar-refractivity contribution in [3.05, 3.63) is 29.8 Å². The highest BCUT2D eigenvalue weighted by atomic mass is 16.5. The molecule has 0 unspecified atom stereocenters. The van der Waals surface area contributed by atoms with Crippen LogP contribution in [0.3, 0.4) is 0 Å². The molecule has 0 bridgehead atoms. The summed E-state index contributed by atoms with van der Waals surface area (Å²) in [6, 6.07) is 7.93. The Morgan fingerprint density at radius 2 is 1.96 bits per heavy atom. The minimum atomic E-state index is 0.0805. The molecule has 23 heavy (non-hydrogen) atoms. The summed E-state index contributed by atoms with van der Waals surface area (Å²) in [5.74, 6) is 1.72. The molecule has 6 nitrogen and oxygen atoms in total. The van der Waals surface area contributed by atoms with Gasteiger partial charge in [-0.3, -0.25) is 9.79 Å². The van der Waals surface area contributed by atoms with E-state index in [1.807, 2.05) is 43.1 Å². The van der Waals surface area contributed by atoms with Gasteiger partial charge in [0.1, 0.15) is 5.75 Å². The third kappa shape index (κ3) is 6.18. The summed E-state index contributed by atoms with van der Waals surface area (Å²) in [6.07, 6.45) is 0.407. The van der Waals surface area contributed by atoms with Crippen molar-refractivity contribution in [1.29, 1.82) is 0 Å². The van der Waals surface area contributed by atoms with Gasteiger partial charge in [-0.05, 0) is 13.0 Å². The summed E-state index contributed by atoms with van der Waals surface area (Å²) in [4.78, 5) is 19.8. The molecule has 0 spiro atoms. The topological polar surface area (TPSA) is 57.2 Å². The second-order valence-corrected chi connectivity index (χ2v) is 5.44. The van der Waals surface area contributed by atoms with Gasteiger partial charge in [0.05, 0.1) is 13.7 Å². The van der Waals surface area contributed by atoms with E-state index < -0.39 is 0 Å². The van der Waals surface area contributed by atoms with Crippen molar-refractivity contribution in [3.8, 4) is 5.75 Å². The number of para-hydroxylation sites is 1. The van der Waals surface area contributed by atoms with Crippen LogP contribution >= 0.6 is 0 Å². The molecule has 0 aliphatic heterocycles. The van der Waals surface area contributed by atoms with E-state index in [2.05, 4.69) is 10.3 Å². The number of hydrogen-bond acceptors (Lipinski definition) is 3.